The number of benzene rings is 1. The quantitative estimate of drug-likeness (QED) is 0.706. The molecule has 1 saturated heterocycles. The summed E-state index contributed by atoms with van der Waals surface area (Å²) < 4.78 is 10.6. The van der Waals surface area contributed by atoms with Crippen molar-refractivity contribution >= 4 is 11.6 Å². The molecule has 2 atom stereocenters. The van der Waals surface area contributed by atoms with Gasteiger partial charge in [0.25, 0.3) is 5.91 Å². The van der Waals surface area contributed by atoms with Gasteiger partial charge < -0.3 is 14.8 Å². The van der Waals surface area contributed by atoms with Crippen LogP contribution in [0.25, 0.3) is 0 Å². The third kappa shape index (κ3) is 1.47. The van der Waals surface area contributed by atoms with E-state index in [1.165, 1.54) is 0 Å². The summed E-state index contributed by atoms with van der Waals surface area (Å²) >= 11 is 0. The molecule has 0 radical (unpaired) electrons. The van der Waals surface area contributed by atoms with E-state index in [0.717, 1.165) is 23.6 Å². The summed E-state index contributed by atoms with van der Waals surface area (Å²) in [7, 11) is 0. The molecule has 0 bridgehead atoms. The maximum Gasteiger partial charge on any atom is 0.265 e. The van der Waals surface area contributed by atoms with E-state index in [2.05, 4.69) is 5.32 Å². The van der Waals surface area contributed by atoms with Gasteiger partial charge in [0.2, 0.25) is 0 Å². The fraction of sp³-hybridized carbons (Fsp3) is 0.364. The van der Waals surface area contributed by atoms with E-state index in [0.29, 0.717) is 0 Å². The Kier molecular flexibility index (Phi) is 1.73. The fourth-order valence-corrected chi connectivity index (χ4v) is 1.67. The van der Waals surface area contributed by atoms with Crippen LogP contribution in [0.2, 0.25) is 0 Å². The van der Waals surface area contributed by atoms with Crippen molar-refractivity contribution in [2.45, 2.75) is 19.1 Å². The number of carbonyl (C=O) groups is 1. The molecule has 1 amide bonds. The number of nitrogens with one attached hydrogen (secondary N) is 1. The second-order valence-corrected chi connectivity index (χ2v) is 3.83. The molecule has 0 saturated carbocycles. The number of hydrogen-bond donors (Lipinski definition) is 1. The first-order chi connectivity index (χ1) is 7.24. The molecule has 78 valence electrons. The molecule has 4 heteroatoms. The van der Waals surface area contributed by atoms with Gasteiger partial charge >= 0.3 is 0 Å². The average Bonchev–Trinajstić information content (AvgIpc) is 3.02. The molecule has 2 heterocycles. The number of epoxide rings is 1. The Hall–Kier alpha value is -1.55. The van der Waals surface area contributed by atoms with Gasteiger partial charge in [0.1, 0.15) is 11.9 Å². The smallest absolute Gasteiger partial charge is 0.265 e. The maximum absolute atomic E-state index is 11.4. The molecule has 1 aromatic carbocycles. The van der Waals surface area contributed by atoms with E-state index in [-0.39, 0.29) is 12.0 Å². The first-order valence-corrected chi connectivity index (χ1v) is 4.97. The SMILES string of the molecule is CC1Oc2ccc(C3CO3)cc2NC1=O. The van der Waals surface area contributed by atoms with Crippen molar-refractivity contribution in [3.8, 4) is 5.75 Å². The average molecular weight is 205 g/mol. The summed E-state index contributed by atoms with van der Waals surface area (Å²) in [6.07, 6.45) is -0.216. The number of carbonyl (C=O) groups excluding carboxylic acids is 1. The highest BCUT2D eigenvalue weighted by molar-refractivity contribution is 5.97. The van der Waals surface area contributed by atoms with E-state index in [9.17, 15) is 4.79 Å². The van der Waals surface area contributed by atoms with Crippen molar-refractivity contribution in [1.82, 2.24) is 0 Å². The van der Waals surface area contributed by atoms with Crippen LogP contribution in [0.3, 0.4) is 0 Å². The predicted molar refractivity (Wildman–Crippen MR) is 53.9 cm³/mol. The molecule has 0 spiro atoms. The van der Waals surface area contributed by atoms with Crippen molar-refractivity contribution in [1.29, 1.82) is 0 Å². The van der Waals surface area contributed by atoms with Crippen LogP contribution in [-0.4, -0.2) is 18.6 Å². The van der Waals surface area contributed by atoms with E-state index in [1.807, 2.05) is 18.2 Å². The molecule has 2 aliphatic rings. The molecule has 1 fully saturated rings. The minimum Gasteiger partial charge on any atom is -0.479 e. The van der Waals surface area contributed by atoms with Crippen LogP contribution < -0.4 is 10.1 Å². The molecular weight excluding hydrogens is 194 g/mol. The van der Waals surface area contributed by atoms with Crippen LogP contribution in [0.5, 0.6) is 5.75 Å². The standard InChI is InChI=1S/C11H11NO3/c1-6-11(13)12-8-4-7(10-5-14-10)2-3-9(8)15-6/h2-4,6,10H,5H2,1H3,(H,12,13). The normalized spacial score (nSPS) is 27.7. The van der Waals surface area contributed by atoms with E-state index in [1.54, 1.807) is 6.92 Å². The van der Waals surface area contributed by atoms with Crippen molar-refractivity contribution in [2.24, 2.45) is 0 Å². The lowest BCUT2D eigenvalue weighted by Crippen LogP contribution is -2.34. The second-order valence-electron chi connectivity index (χ2n) is 3.83. The van der Waals surface area contributed by atoms with Gasteiger partial charge in [-0.05, 0) is 24.6 Å². The Morgan fingerprint density at radius 3 is 3.00 bits per heavy atom. The first-order valence-electron chi connectivity index (χ1n) is 4.97. The van der Waals surface area contributed by atoms with Crippen molar-refractivity contribution in [3.63, 3.8) is 0 Å². The number of fused-ring (bicyclic) bond motifs is 1. The first kappa shape index (κ1) is 8.73. The van der Waals surface area contributed by atoms with Crippen LogP contribution >= 0.6 is 0 Å². The topological polar surface area (TPSA) is 50.9 Å². The highest BCUT2D eigenvalue weighted by Crippen LogP contribution is 2.36. The summed E-state index contributed by atoms with van der Waals surface area (Å²) in [4.78, 5) is 11.4. The van der Waals surface area contributed by atoms with E-state index >= 15 is 0 Å². The van der Waals surface area contributed by atoms with Crippen molar-refractivity contribution in [2.75, 3.05) is 11.9 Å². The lowest BCUT2D eigenvalue weighted by Gasteiger charge is -2.23. The van der Waals surface area contributed by atoms with Gasteiger partial charge in [-0.3, -0.25) is 4.79 Å². The molecule has 1 aromatic rings. The van der Waals surface area contributed by atoms with E-state index < -0.39 is 6.10 Å². The molecule has 3 rings (SSSR count). The molecule has 2 unspecified atom stereocenters. The van der Waals surface area contributed by atoms with Crippen LogP contribution in [0.4, 0.5) is 5.69 Å². The van der Waals surface area contributed by atoms with Crippen molar-refractivity contribution < 1.29 is 14.3 Å². The third-order valence-electron chi connectivity index (χ3n) is 2.64. The highest BCUT2D eigenvalue weighted by Gasteiger charge is 2.28. The molecule has 0 aromatic heterocycles. The van der Waals surface area contributed by atoms with Crippen LogP contribution in [-0.2, 0) is 9.53 Å². The van der Waals surface area contributed by atoms with Gasteiger partial charge in [0, 0.05) is 0 Å². The van der Waals surface area contributed by atoms with Gasteiger partial charge in [0.05, 0.1) is 12.3 Å². The van der Waals surface area contributed by atoms with Crippen LogP contribution in [0, 0.1) is 0 Å². The Bertz CT molecular complexity index is 426. The lowest BCUT2D eigenvalue weighted by atomic mass is 10.1. The second kappa shape index (κ2) is 2.97. The number of anilines is 1. The number of hydrogen-bond acceptors (Lipinski definition) is 3. The highest BCUT2D eigenvalue weighted by atomic mass is 16.6. The Morgan fingerprint density at radius 2 is 2.27 bits per heavy atom. The van der Waals surface area contributed by atoms with Gasteiger partial charge in [0.15, 0.2) is 6.10 Å². The molecule has 2 aliphatic heterocycles. The molecule has 4 nitrogen and oxygen atoms in total. The number of amides is 1. The zero-order valence-electron chi connectivity index (χ0n) is 8.32. The fourth-order valence-electron chi connectivity index (χ4n) is 1.67. The van der Waals surface area contributed by atoms with Gasteiger partial charge in [-0.1, -0.05) is 6.07 Å². The Labute approximate surface area is 87.2 Å². The summed E-state index contributed by atoms with van der Waals surface area (Å²) in [6, 6.07) is 5.76. The van der Waals surface area contributed by atoms with Crippen LogP contribution in [0.15, 0.2) is 18.2 Å². The van der Waals surface area contributed by atoms with Gasteiger partial charge in [-0.2, -0.15) is 0 Å². The van der Waals surface area contributed by atoms with Gasteiger partial charge in [-0.25, -0.2) is 0 Å². The Balaban J connectivity index is 1.97. The van der Waals surface area contributed by atoms with Crippen molar-refractivity contribution in [3.05, 3.63) is 23.8 Å². The summed E-state index contributed by atoms with van der Waals surface area (Å²) in [5, 5.41) is 2.81. The third-order valence-corrected chi connectivity index (χ3v) is 2.64. The summed E-state index contributed by atoms with van der Waals surface area (Å²) in [5.74, 6) is 0.628. The van der Waals surface area contributed by atoms with Gasteiger partial charge in [-0.15, -0.1) is 0 Å². The Morgan fingerprint density at radius 1 is 1.47 bits per heavy atom. The zero-order valence-corrected chi connectivity index (χ0v) is 8.32. The monoisotopic (exact) mass is 205 g/mol. The molecule has 0 aliphatic carbocycles. The minimum absolute atomic E-state index is 0.101. The summed E-state index contributed by atoms with van der Waals surface area (Å²) in [5.41, 5.74) is 1.83. The predicted octanol–water partition coefficient (Wildman–Crippen LogP) is 1.48. The molecule has 1 N–H and O–H groups in total. The number of ether oxygens (including phenoxy) is 2. The molecular formula is C11H11NO3. The minimum atomic E-state index is -0.416. The summed E-state index contributed by atoms with van der Waals surface area (Å²) in [6.45, 7) is 2.50. The van der Waals surface area contributed by atoms with E-state index in [4.69, 9.17) is 9.47 Å². The maximum atomic E-state index is 11.4. The zero-order chi connectivity index (χ0) is 10.4. The van der Waals surface area contributed by atoms with Crippen LogP contribution in [0.1, 0.15) is 18.6 Å². The molecule has 15 heavy (non-hydrogen) atoms. The lowest BCUT2D eigenvalue weighted by molar-refractivity contribution is -0.122. The number of rotatable bonds is 1. The largest absolute Gasteiger partial charge is 0.479 e.